The number of hydrogen-bond acceptors (Lipinski definition) is 3. The van der Waals surface area contributed by atoms with Crippen molar-refractivity contribution in [1.29, 1.82) is 0 Å². The van der Waals surface area contributed by atoms with E-state index in [2.05, 4.69) is 33.8 Å². The molecule has 1 aliphatic carbocycles. The number of benzene rings is 1. The summed E-state index contributed by atoms with van der Waals surface area (Å²) in [7, 11) is 0. The van der Waals surface area contributed by atoms with E-state index in [4.69, 9.17) is 9.47 Å². The average Bonchev–Trinajstić information content (AvgIpc) is 3.15. The summed E-state index contributed by atoms with van der Waals surface area (Å²) in [5.41, 5.74) is 2.02. The van der Waals surface area contributed by atoms with E-state index in [-0.39, 0.29) is 11.2 Å². The molecule has 4 rings (SSSR count). The van der Waals surface area contributed by atoms with Gasteiger partial charge in [-0.3, -0.25) is 0 Å². The second-order valence-corrected chi connectivity index (χ2v) is 8.76. The Morgan fingerprint density at radius 2 is 2.00 bits per heavy atom. The molecule has 24 heavy (non-hydrogen) atoms. The summed E-state index contributed by atoms with van der Waals surface area (Å²) in [5.74, 6) is 2.06. The van der Waals surface area contributed by atoms with Gasteiger partial charge in [-0.05, 0) is 64.2 Å². The number of aryl methyl sites for hydroxylation is 1. The lowest BCUT2D eigenvalue weighted by Crippen LogP contribution is -2.48. The Kier molecular flexibility index (Phi) is 3.65. The number of phenolic OH excluding ortho intramolecular Hbond substituents is 1. The van der Waals surface area contributed by atoms with Gasteiger partial charge in [-0.2, -0.15) is 0 Å². The fourth-order valence-corrected chi connectivity index (χ4v) is 5.02. The highest BCUT2D eigenvalue weighted by atomic mass is 16.6. The summed E-state index contributed by atoms with van der Waals surface area (Å²) >= 11 is 0. The number of fused-ring (bicyclic) bond motifs is 4. The van der Waals surface area contributed by atoms with E-state index in [0.29, 0.717) is 23.7 Å². The first-order chi connectivity index (χ1) is 11.3. The predicted molar refractivity (Wildman–Crippen MR) is 94.8 cm³/mol. The number of unbranched alkanes of at least 4 members (excludes halogenated alkanes) is 2. The SMILES string of the molecule is CCCCCc1cc(O)c2c(c1)OC(C)(C)C1CC3OC3(C)CC21. The van der Waals surface area contributed by atoms with Gasteiger partial charge < -0.3 is 14.6 Å². The van der Waals surface area contributed by atoms with E-state index in [1.54, 1.807) is 0 Å². The third-order valence-electron chi connectivity index (χ3n) is 6.50. The lowest BCUT2D eigenvalue weighted by atomic mass is 9.64. The van der Waals surface area contributed by atoms with Crippen LogP contribution in [0, 0.1) is 5.92 Å². The summed E-state index contributed by atoms with van der Waals surface area (Å²) in [6.45, 7) is 8.82. The predicted octanol–water partition coefficient (Wildman–Crippen LogP) is 4.95. The van der Waals surface area contributed by atoms with Crippen LogP contribution < -0.4 is 4.74 Å². The highest BCUT2D eigenvalue weighted by molar-refractivity contribution is 5.52. The number of rotatable bonds is 4. The van der Waals surface area contributed by atoms with Gasteiger partial charge in [0, 0.05) is 17.4 Å². The molecule has 1 aromatic carbocycles. The molecule has 1 saturated carbocycles. The van der Waals surface area contributed by atoms with Crippen LogP contribution in [0.3, 0.4) is 0 Å². The fraction of sp³-hybridized carbons (Fsp3) is 0.714. The van der Waals surface area contributed by atoms with Crippen molar-refractivity contribution in [2.75, 3.05) is 0 Å². The summed E-state index contributed by atoms with van der Waals surface area (Å²) in [6, 6.07) is 4.14. The molecule has 0 aromatic heterocycles. The fourth-order valence-electron chi connectivity index (χ4n) is 5.02. The molecule has 0 radical (unpaired) electrons. The molecule has 4 unspecified atom stereocenters. The van der Waals surface area contributed by atoms with Crippen molar-refractivity contribution >= 4 is 0 Å². The summed E-state index contributed by atoms with van der Waals surface area (Å²) < 4.78 is 12.4. The Balaban J connectivity index is 1.69. The first-order valence-corrected chi connectivity index (χ1v) is 9.56. The standard InChI is InChI=1S/C21H30O3/c1-5-6-7-8-13-9-16(22)19-14-12-21(4)18(24-21)11-15(14)20(2,3)23-17(19)10-13/h9-10,14-15,18,22H,5-8,11-12H2,1-4H3. The second-order valence-electron chi connectivity index (χ2n) is 8.76. The van der Waals surface area contributed by atoms with E-state index < -0.39 is 0 Å². The molecule has 2 aliphatic heterocycles. The first-order valence-electron chi connectivity index (χ1n) is 9.56. The maximum atomic E-state index is 10.8. The van der Waals surface area contributed by atoms with Crippen LogP contribution >= 0.6 is 0 Å². The van der Waals surface area contributed by atoms with Crippen LogP contribution in [0.4, 0.5) is 0 Å². The quantitative estimate of drug-likeness (QED) is 0.627. The molecule has 0 bridgehead atoms. The van der Waals surface area contributed by atoms with Crippen LogP contribution in [0.1, 0.15) is 76.8 Å². The molecule has 3 heteroatoms. The van der Waals surface area contributed by atoms with Crippen LogP contribution in [-0.2, 0) is 11.2 Å². The van der Waals surface area contributed by atoms with Gasteiger partial charge in [0.1, 0.15) is 17.1 Å². The third-order valence-corrected chi connectivity index (χ3v) is 6.50. The molecule has 3 aliphatic rings. The monoisotopic (exact) mass is 330 g/mol. The minimum absolute atomic E-state index is 0.0120. The van der Waals surface area contributed by atoms with Crippen molar-refractivity contribution < 1.29 is 14.6 Å². The van der Waals surface area contributed by atoms with Gasteiger partial charge >= 0.3 is 0 Å². The molecule has 1 saturated heterocycles. The first kappa shape index (κ1) is 16.3. The summed E-state index contributed by atoms with van der Waals surface area (Å²) in [4.78, 5) is 0. The Morgan fingerprint density at radius 3 is 2.75 bits per heavy atom. The molecule has 2 fully saturated rings. The van der Waals surface area contributed by atoms with Crippen molar-refractivity contribution in [2.24, 2.45) is 5.92 Å². The van der Waals surface area contributed by atoms with Crippen molar-refractivity contribution in [1.82, 2.24) is 0 Å². The Hall–Kier alpha value is -1.22. The van der Waals surface area contributed by atoms with Crippen molar-refractivity contribution in [3.63, 3.8) is 0 Å². The van der Waals surface area contributed by atoms with Gasteiger partial charge in [-0.25, -0.2) is 0 Å². The van der Waals surface area contributed by atoms with Crippen molar-refractivity contribution in [3.8, 4) is 11.5 Å². The lowest BCUT2D eigenvalue weighted by Gasteiger charge is -2.47. The Labute approximate surface area is 145 Å². The Morgan fingerprint density at radius 1 is 1.21 bits per heavy atom. The van der Waals surface area contributed by atoms with E-state index in [1.165, 1.54) is 18.4 Å². The molecule has 4 atom stereocenters. The maximum Gasteiger partial charge on any atom is 0.127 e. The average molecular weight is 330 g/mol. The van der Waals surface area contributed by atoms with Crippen LogP contribution in [-0.4, -0.2) is 22.4 Å². The van der Waals surface area contributed by atoms with Gasteiger partial charge in [0.25, 0.3) is 0 Å². The smallest absolute Gasteiger partial charge is 0.127 e. The summed E-state index contributed by atoms with van der Waals surface area (Å²) in [5, 5.41) is 10.8. The number of phenols is 1. The van der Waals surface area contributed by atoms with E-state index in [9.17, 15) is 5.11 Å². The molecule has 3 nitrogen and oxygen atoms in total. The number of aromatic hydroxyl groups is 1. The van der Waals surface area contributed by atoms with Crippen LogP contribution in [0.2, 0.25) is 0 Å². The molecular formula is C21H30O3. The van der Waals surface area contributed by atoms with E-state index in [1.807, 2.05) is 6.07 Å². The molecule has 132 valence electrons. The second kappa shape index (κ2) is 5.39. The topological polar surface area (TPSA) is 42.0 Å². The zero-order valence-corrected chi connectivity index (χ0v) is 15.4. The zero-order valence-electron chi connectivity index (χ0n) is 15.4. The van der Waals surface area contributed by atoms with Gasteiger partial charge in [0.05, 0.1) is 11.7 Å². The Bertz CT molecular complexity index is 651. The normalized spacial score (nSPS) is 35.4. The molecule has 2 heterocycles. The highest BCUT2D eigenvalue weighted by Gasteiger charge is 2.62. The number of hydrogen-bond donors (Lipinski definition) is 1. The molecular weight excluding hydrogens is 300 g/mol. The third kappa shape index (κ3) is 2.52. The lowest BCUT2D eigenvalue weighted by molar-refractivity contribution is -0.00598. The highest BCUT2D eigenvalue weighted by Crippen LogP contribution is 2.62. The van der Waals surface area contributed by atoms with Crippen LogP contribution in [0.5, 0.6) is 11.5 Å². The minimum Gasteiger partial charge on any atom is -0.508 e. The molecule has 1 aromatic rings. The van der Waals surface area contributed by atoms with Gasteiger partial charge in [0.2, 0.25) is 0 Å². The van der Waals surface area contributed by atoms with Crippen LogP contribution in [0.25, 0.3) is 0 Å². The molecule has 0 spiro atoms. The maximum absolute atomic E-state index is 10.8. The number of epoxide rings is 1. The molecule has 0 amide bonds. The van der Waals surface area contributed by atoms with E-state index >= 15 is 0 Å². The zero-order chi connectivity index (χ0) is 17.1. The minimum atomic E-state index is -0.209. The van der Waals surface area contributed by atoms with Crippen molar-refractivity contribution in [3.05, 3.63) is 23.3 Å². The van der Waals surface area contributed by atoms with Gasteiger partial charge in [0.15, 0.2) is 0 Å². The van der Waals surface area contributed by atoms with E-state index in [0.717, 1.165) is 37.0 Å². The largest absolute Gasteiger partial charge is 0.508 e. The summed E-state index contributed by atoms with van der Waals surface area (Å²) in [6.07, 6.45) is 7.01. The van der Waals surface area contributed by atoms with Crippen molar-refractivity contribution in [2.45, 2.75) is 89.4 Å². The van der Waals surface area contributed by atoms with Crippen LogP contribution in [0.15, 0.2) is 12.1 Å². The number of ether oxygens (including phenoxy) is 2. The van der Waals surface area contributed by atoms with Gasteiger partial charge in [-0.15, -0.1) is 0 Å². The van der Waals surface area contributed by atoms with Gasteiger partial charge in [-0.1, -0.05) is 19.8 Å². The molecule has 1 N–H and O–H groups in total.